The monoisotopic (exact) mass is 225 g/mol. The van der Waals surface area contributed by atoms with E-state index in [1.807, 2.05) is 0 Å². The Labute approximate surface area is 102 Å². The van der Waals surface area contributed by atoms with Crippen molar-refractivity contribution in [1.82, 2.24) is 5.32 Å². The Kier molecular flexibility index (Phi) is 5.82. The predicted molar refractivity (Wildman–Crippen MR) is 72.6 cm³/mol. The second kappa shape index (κ2) is 6.64. The first kappa shape index (κ1) is 14.0. The molecule has 0 amide bonds. The van der Waals surface area contributed by atoms with Gasteiger partial charge in [0, 0.05) is 6.04 Å². The Morgan fingerprint density at radius 1 is 0.875 bits per heavy atom. The van der Waals surface area contributed by atoms with Crippen molar-refractivity contribution in [2.75, 3.05) is 7.05 Å². The Bertz CT molecular complexity index is 172. The Morgan fingerprint density at radius 3 is 1.75 bits per heavy atom. The van der Waals surface area contributed by atoms with Gasteiger partial charge in [-0.05, 0) is 43.6 Å². The van der Waals surface area contributed by atoms with Gasteiger partial charge in [-0.1, -0.05) is 47.0 Å². The van der Waals surface area contributed by atoms with Gasteiger partial charge in [0.15, 0.2) is 0 Å². The van der Waals surface area contributed by atoms with Crippen LogP contribution in [0.3, 0.4) is 0 Å². The van der Waals surface area contributed by atoms with Crippen LogP contribution in [-0.4, -0.2) is 13.1 Å². The van der Waals surface area contributed by atoms with Crippen molar-refractivity contribution in [3.8, 4) is 0 Å². The molecule has 1 N–H and O–H groups in total. The van der Waals surface area contributed by atoms with Gasteiger partial charge in [0.1, 0.15) is 0 Å². The Hall–Kier alpha value is -0.0400. The van der Waals surface area contributed by atoms with E-state index in [1.54, 1.807) is 0 Å². The summed E-state index contributed by atoms with van der Waals surface area (Å²) < 4.78 is 0. The minimum atomic E-state index is 0.736. The number of rotatable bonds is 5. The first-order valence-electron chi connectivity index (χ1n) is 7.25. The van der Waals surface area contributed by atoms with Crippen LogP contribution in [0.15, 0.2) is 0 Å². The van der Waals surface area contributed by atoms with Gasteiger partial charge in [-0.3, -0.25) is 0 Å². The van der Waals surface area contributed by atoms with Gasteiger partial charge in [-0.15, -0.1) is 0 Å². The van der Waals surface area contributed by atoms with Gasteiger partial charge < -0.3 is 5.32 Å². The normalized spacial score (nSPS) is 21.0. The van der Waals surface area contributed by atoms with Gasteiger partial charge in [-0.2, -0.15) is 0 Å². The van der Waals surface area contributed by atoms with Crippen molar-refractivity contribution >= 4 is 0 Å². The lowest BCUT2D eigenvalue weighted by Crippen LogP contribution is -2.45. The molecule has 1 atom stereocenters. The number of hydrogen-bond acceptors (Lipinski definition) is 1. The standard InChI is InChI=1S/C15H31N/c1-11(2)14(12(3)4)15(16-5)13-9-7-6-8-10-13/h11-16H,6-10H2,1-5H3. The molecule has 0 aromatic heterocycles. The van der Waals surface area contributed by atoms with Gasteiger partial charge in [0.05, 0.1) is 0 Å². The van der Waals surface area contributed by atoms with E-state index in [2.05, 4.69) is 40.1 Å². The average molecular weight is 225 g/mol. The lowest BCUT2D eigenvalue weighted by atomic mass is 9.71. The van der Waals surface area contributed by atoms with Crippen LogP contribution >= 0.6 is 0 Å². The molecule has 1 unspecified atom stereocenters. The SMILES string of the molecule is CNC(C1CCCCC1)C(C(C)C)C(C)C. The topological polar surface area (TPSA) is 12.0 Å². The fraction of sp³-hybridized carbons (Fsp3) is 1.00. The number of nitrogens with one attached hydrogen (secondary N) is 1. The van der Waals surface area contributed by atoms with Crippen molar-refractivity contribution in [2.45, 2.75) is 65.8 Å². The van der Waals surface area contributed by atoms with E-state index in [0.29, 0.717) is 0 Å². The quantitative estimate of drug-likeness (QED) is 0.743. The van der Waals surface area contributed by atoms with E-state index < -0.39 is 0 Å². The molecule has 1 saturated carbocycles. The summed E-state index contributed by atoms with van der Waals surface area (Å²) >= 11 is 0. The zero-order chi connectivity index (χ0) is 12.1. The molecule has 1 nitrogen and oxygen atoms in total. The lowest BCUT2D eigenvalue weighted by Gasteiger charge is -2.40. The minimum absolute atomic E-state index is 0.736. The van der Waals surface area contributed by atoms with E-state index in [0.717, 1.165) is 29.7 Å². The van der Waals surface area contributed by atoms with Crippen LogP contribution in [0.5, 0.6) is 0 Å². The summed E-state index contributed by atoms with van der Waals surface area (Å²) in [4.78, 5) is 0. The zero-order valence-electron chi connectivity index (χ0n) is 11.9. The zero-order valence-corrected chi connectivity index (χ0v) is 11.9. The smallest absolute Gasteiger partial charge is 0.0125 e. The maximum Gasteiger partial charge on any atom is 0.0125 e. The summed E-state index contributed by atoms with van der Waals surface area (Å²) in [7, 11) is 2.16. The van der Waals surface area contributed by atoms with Crippen LogP contribution < -0.4 is 5.32 Å². The molecule has 0 heterocycles. The predicted octanol–water partition coefficient (Wildman–Crippen LogP) is 4.08. The molecule has 1 fully saturated rings. The third-order valence-electron chi connectivity index (χ3n) is 4.45. The van der Waals surface area contributed by atoms with Crippen LogP contribution in [0.1, 0.15) is 59.8 Å². The highest BCUT2D eigenvalue weighted by Crippen LogP contribution is 2.35. The van der Waals surface area contributed by atoms with E-state index in [1.165, 1.54) is 32.1 Å². The highest BCUT2D eigenvalue weighted by Gasteiger charge is 2.32. The van der Waals surface area contributed by atoms with Crippen molar-refractivity contribution in [1.29, 1.82) is 0 Å². The Morgan fingerprint density at radius 2 is 1.38 bits per heavy atom. The second-order valence-corrected chi connectivity index (χ2v) is 6.28. The molecular formula is C15H31N. The van der Waals surface area contributed by atoms with Crippen molar-refractivity contribution in [3.63, 3.8) is 0 Å². The molecule has 0 aliphatic heterocycles. The van der Waals surface area contributed by atoms with Gasteiger partial charge >= 0.3 is 0 Å². The largest absolute Gasteiger partial charge is 0.316 e. The molecule has 1 rings (SSSR count). The maximum absolute atomic E-state index is 3.63. The van der Waals surface area contributed by atoms with E-state index in [9.17, 15) is 0 Å². The Balaban J connectivity index is 2.68. The molecule has 0 aromatic carbocycles. The summed E-state index contributed by atoms with van der Waals surface area (Å²) in [5.41, 5.74) is 0. The maximum atomic E-state index is 3.63. The summed E-state index contributed by atoms with van der Waals surface area (Å²) in [5.74, 6) is 3.33. The third-order valence-corrected chi connectivity index (χ3v) is 4.45. The summed E-state index contributed by atoms with van der Waals surface area (Å²) in [5, 5.41) is 3.63. The molecule has 1 aliphatic rings. The van der Waals surface area contributed by atoms with Crippen LogP contribution in [-0.2, 0) is 0 Å². The van der Waals surface area contributed by atoms with Crippen molar-refractivity contribution < 1.29 is 0 Å². The number of hydrogen-bond donors (Lipinski definition) is 1. The molecule has 1 heteroatoms. The van der Waals surface area contributed by atoms with Gasteiger partial charge in [0.2, 0.25) is 0 Å². The molecule has 0 spiro atoms. The average Bonchev–Trinajstić information content (AvgIpc) is 2.25. The second-order valence-electron chi connectivity index (χ2n) is 6.28. The highest BCUT2D eigenvalue weighted by molar-refractivity contribution is 4.87. The fourth-order valence-electron chi connectivity index (χ4n) is 3.83. The molecule has 1 aliphatic carbocycles. The van der Waals surface area contributed by atoms with Crippen LogP contribution in [0.25, 0.3) is 0 Å². The molecule has 0 aromatic rings. The summed E-state index contributed by atoms with van der Waals surface area (Å²) in [6.07, 6.45) is 7.25. The van der Waals surface area contributed by atoms with Gasteiger partial charge in [0.25, 0.3) is 0 Å². The lowest BCUT2D eigenvalue weighted by molar-refractivity contribution is 0.140. The molecule has 96 valence electrons. The third kappa shape index (κ3) is 3.48. The molecule has 16 heavy (non-hydrogen) atoms. The van der Waals surface area contributed by atoms with E-state index in [4.69, 9.17) is 0 Å². The molecule has 0 radical (unpaired) electrons. The minimum Gasteiger partial charge on any atom is -0.316 e. The van der Waals surface area contributed by atoms with Crippen LogP contribution in [0.4, 0.5) is 0 Å². The van der Waals surface area contributed by atoms with Crippen molar-refractivity contribution in [3.05, 3.63) is 0 Å². The van der Waals surface area contributed by atoms with Gasteiger partial charge in [-0.25, -0.2) is 0 Å². The van der Waals surface area contributed by atoms with Crippen molar-refractivity contribution in [2.24, 2.45) is 23.7 Å². The summed E-state index contributed by atoms with van der Waals surface area (Å²) in [6, 6.07) is 0.736. The molecule has 0 bridgehead atoms. The first-order valence-corrected chi connectivity index (χ1v) is 7.25. The van der Waals surface area contributed by atoms with Crippen LogP contribution in [0, 0.1) is 23.7 Å². The molecule has 0 saturated heterocycles. The van der Waals surface area contributed by atoms with E-state index >= 15 is 0 Å². The fourth-order valence-corrected chi connectivity index (χ4v) is 3.83. The highest BCUT2D eigenvalue weighted by atomic mass is 14.9. The van der Waals surface area contributed by atoms with Crippen LogP contribution in [0.2, 0.25) is 0 Å². The van der Waals surface area contributed by atoms with E-state index in [-0.39, 0.29) is 0 Å². The summed E-state index contributed by atoms with van der Waals surface area (Å²) in [6.45, 7) is 9.55. The molecular weight excluding hydrogens is 194 g/mol. The first-order chi connectivity index (χ1) is 7.57.